The van der Waals surface area contributed by atoms with E-state index in [4.69, 9.17) is 21.2 Å². The van der Waals surface area contributed by atoms with Crippen LogP contribution in [0.1, 0.15) is 71.1 Å². The zero-order valence-electron chi connectivity index (χ0n) is 28.9. The second kappa shape index (κ2) is 13.1. The van der Waals surface area contributed by atoms with E-state index in [9.17, 15) is 39.3 Å². The molecule has 4 N–H and O–H groups in total. The molecule has 1 unspecified atom stereocenters. The number of hydrogen-bond acceptors (Lipinski definition) is 13. The van der Waals surface area contributed by atoms with Gasteiger partial charge in [0.15, 0.2) is 23.1 Å². The predicted octanol–water partition coefficient (Wildman–Crippen LogP) is 4.03. The normalized spacial score (nSPS) is 19.5. The number of ketones is 4. The first kappa shape index (κ1) is 35.1. The predicted molar refractivity (Wildman–Crippen MR) is 197 cm³/mol. The fourth-order valence-electron chi connectivity index (χ4n) is 8.23. The molecule has 3 aromatic carbocycles. The number of rotatable bonds is 8. The lowest BCUT2D eigenvalue weighted by Gasteiger charge is -2.36. The summed E-state index contributed by atoms with van der Waals surface area (Å²) >= 11 is 6.14. The number of aryl methyl sites for hydroxylation is 1. The molecule has 0 amide bonds. The maximum Gasteiger partial charge on any atom is 0.260 e. The number of Topliss-reactive ketones (excluding diaryl/α,β-unsaturated/α-hetero) is 3. The fraction of sp³-hybridized carbons (Fsp3) is 0.282. The number of benzene rings is 3. The van der Waals surface area contributed by atoms with E-state index in [0.29, 0.717) is 22.6 Å². The molecule has 0 radical (unpaired) electrons. The van der Waals surface area contributed by atoms with Gasteiger partial charge >= 0.3 is 0 Å². The highest BCUT2D eigenvalue weighted by atomic mass is 35.5. The molecule has 1 atom stereocenters. The number of carbonyl (C=O) groups is 4. The highest BCUT2D eigenvalue weighted by Gasteiger charge is 2.61. The lowest BCUT2D eigenvalue weighted by Crippen LogP contribution is -2.46. The third-order valence-electron chi connectivity index (χ3n) is 10.8. The number of fused-ring (bicyclic) bond motifs is 5. The van der Waals surface area contributed by atoms with Crippen molar-refractivity contribution in [1.82, 2.24) is 9.88 Å². The topological polar surface area (TPSA) is 199 Å². The van der Waals surface area contributed by atoms with Gasteiger partial charge in [-0.3, -0.25) is 28.9 Å². The Kier molecular flexibility index (Phi) is 8.53. The van der Waals surface area contributed by atoms with E-state index in [-0.39, 0.29) is 29.5 Å². The molecule has 0 saturated carbocycles. The zero-order chi connectivity index (χ0) is 38.1. The van der Waals surface area contributed by atoms with Crippen LogP contribution >= 0.6 is 11.6 Å². The van der Waals surface area contributed by atoms with E-state index in [0.717, 1.165) is 58.0 Å². The summed E-state index contributed by atoms with van der Waals surface area (Å²) in [6, 6.07) is 11.0. The molecule has 14 nitrogen and oxygen atoms in total. The van der Waals surface area contributed by atoms with Crippen molar-refractivity contribution in [3.05, 3.63) is 103 Å². The number of aromatic hydroxyl groups is 3. The minimum atomic E-state index is -2.12. The Labute approximate surface area is 311 Å². The van der Waals surface area contributed by atoms with E-state index in [1.807, 2.05) is 18.2 Å². The maximum atomic E-state index is 14.2. The summed E-state index contributed by atoms with van der Waals surface area (Å²) in [7, 11) is 1.14. The van der Waals surface area contributed by atoms with E-state index in [1.165, 1.54) is 6.21 Å². The van der Waals surface area contributed by atoms with Gasteiger partial charge in [-0.05, 0) is 54.5 Å². The van der Waals surface area contributed by atoms with Crippen LogP contribution in [-0.4, -0.2) is 101 Å². The second-order valence-electron chi connectivity index (χ2n) is 13.7. The minimum Gasteiger partial charge on any atom is -0.507 e. The highest BCUT2D eigenvalue weighted by Crippen LogP contribution is 2.57. The van der Waals surface area contributed by atoms with Crippen LogP contribution in [0, 0.1) is 0 Å². The van der Waals surface area contributed by atoms with Gasteiger partial charge in [0.05, 0.1) is 46.7 Å². The number of oxime groups is 1. The number of ether oxygens (including phenoxy) is 1. The van der Waals surface area contributed by atoms with Gasteiger partial charge in [-0.1, -0.05) is 28.9 Å². The molecular formula is C39H33ClN4O10. The highest BCUT2D eigenvalue weighted by molar-refractivity contribution is 6.39. The number of phenolic OH excluding ortho intramolecular Hbond substituents is 3. The quantitative estimate of drug-likeness (QED) is 0.0664. The van der Waals surface area contributed by atoms with Crippen molar-refractivity contribution in [3.63, 3.8) is 0 Å². The van der Waals surface area contributed by atoms with Gasteiger partial charge in [0, 0.05) is 55.1 Å². The number of anilines is 1. The number of methoxy groups -OCH3 is 1. The molecule has 2 heterocycles. The van der Waals surface area contributed by atoms with E-state index in [1.54, 1.807) is 12.1 Å². The Hall–Kier alpha value is -5.99. The number of pyridine rings is 1. The number of nitrogens with one attached hydrogen (secondary N) is 1. The number of nitrogens with zero attached hydrogens (tertiary/aromatic N) is 3. The Bertz CT molecular complexity index is 2460. The lowest BCUT2D eigenvalue weighted by atomic mass is 9.76. The molecule has 4 aromatic rings. The van der Waals surface area contributed by atoms with Gasteiger partial charge in [0.1, 0.15) is 29.3 Å². The third-order valence-corrected chi connectivity index (χ3v) is 11.0. The summed E-state index contributed by atoms with van der Waals surface area (Å²) in [5.74, 6) is -6.71. The van der Waals surface area contributed by atoms with Crippen molar-refractivity contribution < 1.29 is 44.1 Å². The smallest absolute Gasteiger partial charge is 0.260 e. The van der Waals surface area contributed by atoms with E-state index >= 15 is 0 Å². The number of allylic oxidation sites excluding steroid dienone is 2. The maximum absolute atomic E-state index is 14.2. The number of halogens is 1. The third kappa shape index (κ3) is 5.27. The van der Waals surface area contributed by atoms with Crippen LogP contribution in [0.5, 0.6) is 17.2 Å². The van der Waals surface area contributed by atoms with Crippen LogP contribution < -0.4 is 10.5 Å². The van der Waals surface area contributed by atoms with Crippen LogP contribution in [0.2, 0.25) is 5.02 Å². The molecule has 276 valence electrons. The lowest BCUT2D eigenvalue weighted by molar-refractivity contribution is 0.0790. The largest absolute Gasteiger partial charge is 0.507 e. The van der Waals surface area contributed by atoms with Gasteiger partial charge in [-0.15, -0.1) is 0 Å². The number of aromatic nitrogens is 1. The number of phenols is 3. The number of carbonyl (C=O) groups excluding carboxylic acids is 4. The van der Waals surface area contributed by atoms with E-state index in [2.05, 4.69) is 26.0 Å². The van der Waals surface area contributed by atoms with E-state index < -0.39 is 79.4 Å². The summed E-state index contributed by atoms with van der Waals surface area (Å²) in [4.78, 5) is 80.5. The van der Waals surface area contributed by atoms with Crippen molar-refractivity contribution in [2.24, 2.45) is 5.16 Å². The molecule has 1 spiro atoms. The summed E-state index contributed by atoms with van der Waals surface area (Å²) in [5.41, 5.74) is -3.74. The number of aromatic amines is 1. The zero-order valence-corrected chi connectivity index (χ0v) is 29.7. The first-order chi connectivity index (χ1) is 26.0. The molecule has 4 aliphatic rings. The van der Waals surface area contributed by atoms with Crippen LogP contribution in [0.3, 0.4) is 0 Å². The standard InChI is InChI=1S/C39H33ClN4O10/c1-53-25-17-24(45)27-28(32(25)46)34(48)30-29(33(27)47)36(50)39(37(30)51)7-6-19-14-20-15-22(42-38(52)26(20)35(49)31(19)39)18-41-54-13-3-8-43-9-11-44(12-10-43)23-5-2-4-21(40)16-23/h2,4-5,14-18,47-49H,3,6-13H2,1H3,(H,42,52)/b41-18+. The van der Waals surface area contributed by atoms with Crippen molar-refractivity contribution in [2.75, 3.05) is 51.3 Å². The summed E-state index contributed by atoms with van der Waals surface area (Å²) in [6.45, 7) is 4.78. The molecule has 8 rings (SSSR count). The number of H-pyrrole nitrogens is 1. The van der Waals surface area contributed by atoms with Gasteiger partial charge in [-0.25, -0.2) is 0 Å². The summed E-state index contributed by atoms with van der Waals surface area (Å²) < 4.78 is 4.94. The Morgan fingerprint density at radius 1 is 0.926 bits per heavy atom. The SMILES string of the molecule is COC1=CC(=O)c2c(O)c3c(c(O)c2C1=O)C(=O)C1(CCc2cc4cc(/C=N/OCCCN5CCN(c6cccc(Cl)c6)CC5)[nH]c(=O)c4c(O)c21)C3=O. The van der Waals surface area contributed by atoms with Crippen LogP contribution in [0.4, 0.5) is 5.69 Å². The molecule has 0 bridgehead atoms. The van der Waals surface area contributed by atoms with Gasteiger partial charge < -0.3 is 34.8 Å². The van der Waals surface area contributed by atoms with Crippen molar-refractivity contribution in [2.45, 2.75) is 24.7 Å². The monoisotopic (exact) mass is 752 g/mol. The minimum absolute atomic E-state index is 0.119. The van der Waals surface area contributed by atoms with Crippen molar-refractivity contribution in [3.8, 4) is 17.2 Å². The fourth-order valence-corrected chi connectivity index (χ4v) is 8.41. The van der Waals surface area contributed by atoms with Crippen molar-refractivity contribution in [1.29, 1.82) is 0 Å². The summed E-state index contributed by atoms with van der Waals surface area (Å²) in [6.07, 6.45) is 2.86. The molecule has 1 aromatic heterocycles. The average Bonchev–Trinajstić information content (AvgIpc) is 3.65. The molecule has 1 aliphatic heterocycles. The van der Waals surface area contributed by atoms with Crippen LogP contribution in [-0.2, 0) is 21.4 Å². The number of hydrogen-bond donors (Lipinski definition) is 4. The van der Waals surface area contributed by atoms with Gasteiger partial charge in [0.2, 0.25) is 5.78 Å². The molecule has 1 fully saturated rings. The number of piperazine rings is 1. The molecule has 54 heavy (non-hydrogen) atoms. The van der Waals surface area contributed by atoms with Crippen molar-refractivity contribution >= 4 is 57.4 Å². The second-order valence-corrected chi connectivity index (χ2v) is 14.1. The average molecular weight is 753 g/mol. The molecule has 1 saturated heterocycles. The first-order valence-corrected chi connectivity index (χ1v) is 17.7. The van der Waals surface area contributed by atoms with Crippen LogP contribution in [0.15, 0.2) is 58.2 Å². The molecular weight excluding hydrogens is 720 g/mol. The Morgan fingerprint density at radius 3 is 2.35 bits per heavy atom. The Morgan fingerprint density at radius 2 is 1.65 bits per heavy atom. The Balaban J connectivity index is 0.989. The van der Waals surface area contributed by atoms with Gasteiger partial charge in [-0.2, -0.15) is 0 Å². The summed E-state index contributed by atoms with van der Waals surface area (Å²) in [5, 5.41) is 38.8. The molecule has 3 aliphatic carbocycles. The first-order valence-electron chi connectivity index (χ1n) is 17.3. The molecule has 15 heteroatoms. The van der Waals surface area contributed by atoms with Gasteiger partial charge in [0.25, 0.3) is 5.56 Å². The van der Waals surface area contributed by atoms with Crippen LogP contribution in [0.25, 0.3) is 10.8 Å².